The van der Waals surface area contributed by atoms with Crippen molar-refractivity contribution in [3.63, 3.8) is 0 Å². The molecule has 1 aliphatic rings. The van der Waals surface area contributed by atoms with Gasteiger partial charge in [-0.25, -0.2) is 0 Å². The number of piperidine rings is 1. The van der Waals surface area contributed by atoms with Crippen molar-refractivity contribution in [3.05, 3.63) is 0 Å². The van der Waals surface area contributed by atoms with E-state index in [1.54, 1.807) is 11.8 Å². The van der Waals surface area contributed by atoms with Gasteiger partial charge in [0.15, 0.2) is 0 Å². The highest BCUT2D eigenvalue weighted by Gasteiger charge is 2.25. The second-order valence-electron chi connectivity index (χ2n) is 5.67. The van der Waals surface area contributed by atoms with E-state index in [9.17, 15) is 9.59 Å². The maximum absolute atomic E-state index is 12.0. The summed E-state index contributed by atoms with van der Waals surface area (Å²) in [5.41, 5.74) is 0. The van der Waals surface area contributed by atoms with Gasteiger partial charge in [-0.15, -0.1) is 0 Å². The highest BCUT2D eigenvalue weighted by molar-refractivity contribution is 5.76. The van der Waals surface area contributed by atoms with Gasteiger partial charge < -0.3 is 9.80 Å². The summed E-state index contributed by atoms with van der Waals surface area (Å²) in [7, 11) is 1.85. The van der Waals surface area contributed by atoms with Gasteiger partial charge in [0.25, 0.3) is 0 Å². The molecule has 4 heteroatoms. The van der Waals surface area contributed by atoms with Gasteiger partial charge in [-0.3, -0.25) is 9.59 Å². The van der Waals surface area contributed by atoms with Crippen LogP contribution in [-0.4, -0.2) is 47.8 Å². The molecule has 0 bridgehead atoms. The molecule has 0 N–H and O–H groups in total. The molecule has 0 aromatic carbocycles. The molecule has 1 saturated heterocycles. The number of hydrogen-bond donors (Lipinski definition) is 0. The maximum Gasteiger partial charge on any atom is 0.222 e. The Bertz CT molecular complexity index is 294. The third kappa shape index (κ3) is 4.31. The average molecular weight is 254 g/mol. The first kappa shape index (κ1) is 15.0. The zero-order chi connectivity index (χ0) is 13.7. The van der Waals surface area contributed by atoms with Crippen LogP contribution in [0.25, 0.3) is 0 Å². The highest BCUT2D eigenvalue weighted by atomic mass is 16.2. The van der Waals surface area contributed by atoms with Gasteiger partial charge in [-0.05, 0) is 25.2 Å². The number of amides is 2. The minimum absolute atomic E-state index is 0.111. The lowest BCUT2D eigenvalue weighted by atomic mass is 10.0. The molecule has 0 unspecified atom stereocenters. The van der Waals surface area contributed by atoms with Crippen LogP contribution in [-0.2, 0) is 9.59 Å². The normalized spacial score (nSPS) is 17.1. The van der Waals surface area contributed by atoms with E-state index in [2.05, 4.69) is 13.8 Å². The summed E-state index contributed by atoms with van der Waals surface area (Å²) >= 11 is 0. The molecule has 1 aliphatic heterocycles. The summed E-state index contributed by atoms with van der Waals surface area (Å²) in [6.07, 6.45) is 3.43. The topological polar surface area (TPSA) is 40.6 Å². The van der Waals surface area contributed by atoms with Crippen LogP contribution in [0.4, 0.5) is 0 Å². The van der Waals surface area contributed by atoms with Crippen LogP contribution in [0.1, 0.15) is 46.5 Å². The summed E-state index contributed by atoms with van der Waals surface area (Å²) in [6, 6.07) is 0.302. The number of carbonyl (C=O) groups is 2. The molecule has 1 fully saturated rings. The van der Waals surface area contributed by atoms with Gasteiger partial charge in [0, 0.05) is 39.5 Å². The van der Waals surface area contributed by atoms with Crippen LogP contribution in [0.15, 0.2) is 0 Å². The van der Waals surface area contributed by atoms with Gasteiger partial charge in [0.1, 0.15) is 0 Å². The highest BCUT2D eigenvalue weighted by Crippen LogP contribution is 2.17. The average Bonchev–Trinajstić information content (AvgIpc) is 2.35. The zero-order valence-corrected chi connectivity index (χ0v) is 12.1. The first-order valence-electron chi connectivity index (χ1n) is 6.93. The molecular weight excluding hydrogens is 228 g/mol. The second kappa shape index (κ2) is 6.76. The third-order valence-corrected chi connectivity index (χ3v) is 3.80. The van der Waals surface area contributed by atoms with E-state index in [4.69, 9.17) is 0 Å². The second-order valence-corrected chi connectivity index (χ2v) is 5.67. The predicted molar refractivity (Wildman–Crippen MR) is 72.1 cm³/mol. The van der Waals surface area contributed by atoms with Crippen LogP contribution >= 0.6 is 0 Å². The zero-order valence-electron chi connectivity index (χ0n) is 12.1. The van der Waals surface area contributed by atoms with Crippen LogP contribution in [0.5, 0.6) is 0 Å². The van der Waals surface area contributed by atoms with Crippen molar-refractivity contribution in [3.8, 4) is 0 Å². The molecule has 104 valence electrons. The summed E-state index contributed by atoms with van der Waals surface area (Å²) in [5, 5.41) is 0. The molecular formula is C14H26N2O2. The lowest BCUT2D eigenvalue weighted by Crippen LogP contribution is -2.46. The Kier molecular flexibility index (Phi) is 5.63. The van der Waals surface area contributed by atoms with Crippen LogP contribution in [0.2, 0.25) is 0 Å². The molecule has 18 heavy (non-hydrogen) atoms. The Morgan fingerprint density at radius 3 is 2.28 bits per heavy atom. The van der Waals surface area contributed by atoms with Crippen molar-refractivity contribution in [2.24, 2.45) is 5.92 Å². The predicted octanol–water partition coefficient (Wildman–Crippen LogP) is 1.89. The Morgan fingerprint density at radius 2 is 1.83 bits per heavy atom. The van der Waals surface area contributed by atoms with Crippen molar-refractivity contribution in [2.75, 3.05) is 20.1 Å². The quantitative estimate of drug-likeness (QED) is 0.768. The van der Waals surface area contributed by atoms with E-state index >= 15 is 0 Å². The van der Waals surface area contributed by atoms with Gasteiger partial charge in [0.05, 0.1) is 0 Å². The van der Waals surface area contributed by atoms with Gasteiger partial charge >= 0.3 is 0 Å². The number of likely N-dealkylation sites (tertiary alicyclic amines) is 1. The van der Waals surface area contributed by atoms with E-state index in [0.717, 1.165) is 32.4 Å². The van der Waals surface area contributed by atoms with Crippen molar-refractivity contribution >= 4 is 11.8 Å². The van der Waals surface area contributed by atoms with E-state index in [1.807, 2.05) is 11.9 Å². The summed E-state index contributed by atoms with van der Waals surface area (Å²) in [4.78, 5) is 27.0. The van der Waals surface area contributed by atoms with Crippen molar-refractivity contribution < 1.29 is 9.59 Å². The monoisotopic (exact) mass is 254 g/mol. The molecule has 4 nitrogen and oxygen atoms in total. The summed E-state index contributed by atoms with van der Waals surface area (Å²) in [5.74, 6) is 0.961. The number of nitrogens with zero attached hydrogens (tertiary/aromatic N) is 2. The van der Waals surface area contributed by atoms with E-state index < -0.39 is 0 Å². The lowest BCUT2D eigenvalue weighted by molar-refractivity contribution is -0.134. The Labute approximate surface area is 110 Å². The van der Waals surface area contributed by atoms with Crippen LogP contribution in [0.3, 0.4) is 0 Å². The fraction of sp³-hybridized carbons (Fsp3) is 0.857. The van der Waals surface area contributed by atoms with Crippen molar-refractivity contribution in [2.45, 2.75) is 52.5 Å². The van der Waals surface area contributed by atoms with E-state index in [-0.39, 0.29) is 11.8 Å². The molecule has 1 heterocycles. The third-order valence-electron chi connectivity index (χ3n) is 3.80. The van der Waals surface area contributed by atoms with Crippen LogP contribution in [0, 0.1) is 5.92 Å². The number of carbonyl (C=O) groups excluding carboxylic acids is 2. The first-order valence-corrected chi connectivity index (χ1v) is 6.93. The molecule has 1 rings (SSSR count). The molecule has 0 spiro atoms. The van der Waals surface area contributed by atoms with Crippen LogP contribution < -0.4 is 0 Å². The molecule has 0 radical (unpaired) electrons. The van der Waals surface area contributed by atoms with E-state index in [1.165, 1.54) is 0 Å². The minimum Gasteiger partial charge on any atom is -0.343 e. The van der Waals surface area contributed by atoms with Crippen molar-refractivity contribution in [1.82, 2.24) is 9.80 Å². The molecule has 0 aliphatic carbocycles. The van der Waals surface area contributed by atoms with Gasteiger partial charge in [-0.1, -0.05) is 13.8 Å². The van der Waals surface area contributed by atoms with Gasteiger partial charge in [-0.2, -0.15) is 0 Å². The summed E-state index contributed by atoms with van der Waals surface area (Å²) < 4.78 is 0. The Balaban J connectivity index is 2.35. The van der Waals surface area contributed by atoms with Gasteiger partial charge in [0.2, 0.25) is 11.8 Å². The first-order chi connectivity index (χ1) is 8.41. The lowest BCUT2D eigenvalue weighted by Gasteiger charge is -2.36. The van der Waals surface area contributed by atoms with Crippen molar-refractivity contribution in [1.29, 1.82) is 0 Å². The SMILES string of the molecule is CC(=O)N(C)C1CCN(C(=O)CCC(C)C)CC1. The molecule has 0 aromatic heterocycles. The van der Waals surface area contributed by atoms with E-state index in [0.29, 0.717) is 18.4 Å². The molecule has 0 aromatic rings. The Morgan fingerprint density at radius 1 is 1.28 bits per heavy atom. The minimum atomic E-state index is 0.111. The molecule has 0 atom stereocenters. The Hall–Kier alpha value is -1.06. The molecule has 2 amide bonds. The number of hydrogen-bond acceptors (Lipinski definition) is 2. The standard InChI is InChI=1S/C14H26N2O2/c1-11(2)5-6-14(18)16-9-7-13(8-10-16)15(4)12(3)17/h11,13H,5-10H2,1-4H3. The largest absolute Gasteiger partial charge is 0.343 e. The fourth-order valence-corrected chi connectivity index (χ4v) is 2.33. The maximum atomic E-state index is 12.0. The number of rotatable bonds is 4. The molecule has 0 saturated carbocycles. The summed E-state index contributed by atoms with van der Waals surface area (Å²) in [6.45, 7) is 7.46. The fourth-order valence-electron chi connectivity index (χ4n) is 2.33. The smallest absolute Gasteiger partial charge is 0.222 e.